The highest BCUT2D eigenvalue weighted by atomic mass is 16.2. The molecule has 0 saturated carbocycles. The predicted molar refractivity (Wildman–Crippen MR) is 124 cm³/mol. The number of hydrogen-bond donors (Lipinski definition) is 3. The summed E-state index contributed by atoms with van der Waals surface area (Å²) in [6.45, 7) is 3.11. The average molecular weight is 428 g/mol. The van der Waals surface area contributed by atoms with Crippen LogP contribution in [0.25, 0.3) is 0 Å². The van der Waals surface area contributed by atoms with E-state index in [0.717, 1.165) is 11.3 Å². The van der Waals surface area contributed by atoms with E-state index in [9.17, 15) is 14.4 Å². The Morgan fingerprint density at radius 1 is 0.906 bits per heavy atom. The molecular formula is C25H24N4O3. The fraction of sp³-hybridized carbons (Fsp3) is 0.160. The number of benzene rings is 3. The van der Waals surface area contributed by atoms with E-state index in [1.165, 1.54) is 0 Å². The van der Waals surface area contributed by atoms with Gasteiger partial charge in [0.2, 0.25) is 0 Å². The SMILES string of the molecule is CC(NC(=O)c1ccc(N2CCNC2=O)cc1)c1cccc(NC(=O)c2ccccc2)c1. The summed E-state index contributed by atoms with van der Waals surface area (Å²) >= 11 is 0. The standard InChI is InChI=1S/C25H24N4O3/c1-17(20-8-5-9-21(16-20)28-24(31)18-6-3-2-4-7-18)27-23(30)19-10-12-22(13-11-19)29-15-14-26-25(29)32/h2-13,16-17H,14-15H2,1H3,(H,26,32)(H,27,30)(H,28,31). The van der Waals surface area contributed by atoms with E-state index >= 15 is 0 Å². The summed E-state index contributed by atoms with van der Waals surface area (Å²) < 4.78 is 0. The normalized spacial score (nSPS) is 13.9. The fourth-order valence-corrected chi connectivity index (χ4v) is 3.55. The van der Waals surface area contributed by atoms with Crippen LogP contribution in [0.3, 0.4) is 0 Å². The number of anilines is 2. The van der Waals surface area contributed by atoms with Crippen molar-refractivity contribution in [3.05, 3.63) is 95.6 Å². The van der Waals surface area contributed by atoms with Crippen LogP contribution in [0, 0.1) is 0 Å². The molecule has 7 heteroatoms. The number of carbonyl (C=O) groups excluding carboxylic acids is 3. The number of nitrogens with zero attached hydrogens (tertiary/aromatic N) is 1. The van der Waals surface area contributed by atoms with Crippen LogP contribution >= 0.6 is 0 Å². The molecule has 4 rings (SSSR count). The van der Waals surface area contributed by atoms with E-state index in [2.05, 4.69) is 16.0 Å². The first-order chi connectivity index (χ1) is 15.5. The maximum absolute atomic E-state index is 12.7. The van der Waals surface area contributed by atoms with Gasteiger partial charge < -0.3 is 16.0 Å². The quantitative estimate of drug-likeness (QED) is 0.555. The van der Waals surface area contributed by atoms with E-state index in [-0.39, 0.29) is 23.9 Å². The smallest absolute Gasteiger partial charge is 0.321 e. The predicted octanol–water partition coefficient (Wildman–Crippen LogP) is 3.96. The third-order valence-corrected chi connectivity index (χ3v) is 5.33. The van der Waals surface area contributed by atoms with Gasteiger partial charge >= 0.3 is 6.03 Å². The van der Waals surface area contributed by atoms with Gasteiger partial charge in [0.1, 0.15) is 0 Å². The van der Waals surface area contributed by atoms with Crippen molar-refractivity contribution in [2.45, 2.75) is 13.0 Å². The molecular weight excluding hydrogens is 404 g/mol. The second-order valence-electron chi connectivity index (χ2n) is 7.57. The molecule has 3 aromatic carbocycles. The second-order valence-corrected chi connectivity index (χ2v) is 7.57. The number of amides is 4. The summed E-state index contributed by atoms with van der Waals surface area (Å²) in [5.41, 5.74) is 3.37. The Morgan fingerprint density at radius 2 is 1.62 bits per heavy atom. The molecule has 0 radical (unpaired) electrons. The van der Waals surface area contributed by atoms with Crippen LogP contribution in [0.1, 0.15) is 39.2 Å². The summed E-state index contributed by atoms with van der Waals surface area (Å²) in [6.07, 6.45) is 0. The van der Waals surface area contributed by atoms with E-state index in [4.69, 9.17) is 0 Å². The monoisotopic (exact) mass is 428 g/mol. The number of nitrogens with one attached hydrogen (secondary N) is 3. The Morgan fingerprint density at radius 3 is 2.31 bits per heavy atom. The van der Waals surface area contributed by atoms with E-state index in [0.29, 0.717) is 29.9 Å². The lowest BCUT2D eigenvalue weighted by Crippen LogP contribution is -2.28. The largest absolute Gasteiger partial charge is 0.346 e. The number of hydrogen-bond acceptors (Lipinski definition) is 3. The van der Waals surface area contributed by atoms with E-state index in [1.54, 1.807) is 41.3 Å². The maximum atomic E-state index is 12.7. The highest BCUT2D eigenvalue weighted by Gasteiger charge is 2.21. The molecule has 0 spiro atoms. The molecule has 1 aliphatic heterocycles. The van der Waals surface area contributed by atoms with Gasteiger partial charge in [-0.1, -0.05) is 30.3 Å². The second kappa shape index (κ2) is 9.34. The van der Waals surface area contributed by atoms with Gasteiger partial charge in [0, 0.05) is 35.6 Å². The Bertz CT molecular complexity index is 1130. The van der Waals surface area contributed by atoms with Crippen LogP contribution in [-0.2, 0) is 0 Å². The van der Waals surface area contributed by atoms with Crippen molar-refractivity contribution in [1.82, 2.24) is 10.6 Å². The molecule has 1 atom stereocenters. The molecule has 162 valence electrons. The molecule has 3 aromatic rings. The molecule has 0 bridgehead atoms. The van der Waals surface area contributed by atoms with Crippen molar-refractivity contribution < 1.29 is 14.4 Å². The van der Waals surface area contributed by atoms with Gasteiger partial charge in [0.05, 0.1) is 6.04 Å². The van der Waals surface area contributed by atoms with Crippen LogP contribution in [0.2, 0.25) is 0 Å². The molecule has 4 amide bonds. The van der Waals surface area contributed by atoms with Crippen molar-refractivity contribution in [1.29, 1.82) is 0 Å². The van der Waals surface area contributed by atoms with Crippen molar-refractivity contribution >= 4 is 29.2 Å². The maximum Gasteiger partial charge on any atom is 0.321 e. The zero-order valence-electron chi connectivity index (χ0n) is 17.7. The molecule has 7 nitrogen and oxygen atoms in total. The van der Waals surface area contributed by atoms with E-state index in [1.807, 2.05) is 49.4 Å². The van der Waals surface area contributed by atoms with Gasteiger partial charge in [-0.15, -0.1) is 0 Å². The van der Waals surface area contributed by atoms with Crippen molar-refractivity contribution in [3.63, 3.8) is 0 Å². The van der Waals surface area contributed by atoms with Gasteiger partial charge in [0.15, 0.2) is 0 Å². The van der Waals surface area contributed by atoms with Crippen LogP contribution in [0.5, 0.6) is 0 Å². The number of carbonyl (C=O) groups is 3. The molecule has 1 aliphatic rings. The van der Waals surface area contributed by atoms with Crippen LogP contribution in [0.4, 0.5) is 16.2 Å². The van der Waals surface area contributed by atoms with E-state index < -0.39 is 0 Å². The van der Waals surface area contributed by atoms with Gasteiger partial charge in [-0.2, -0.15) is 0 Å². The summed E-state index contributed by atoms with van der Waals surface area (Å²) in [7, 11) is 0. The van der Waals surface area contributed by atoms with Crippen LogP contribution in [-0.4, -0.2) is 30.9 Å². The first kappa shape index (κ1) is 21.1. The third-order valence-electron chi connectivity index (χ3n) is 5.33. The van der Waals surface area contributed by atoms with Gasteiger partial charge in [-0.25, -0.2) is 4.79 Å². The lowest BCUT2D eigenvalue weighted by atomic mass is 10.1. The molecule has 3 N–H and O–H groups in total. The summed E-state index contributed by atoms with van der Waals surface area (Å²) in [5, 5.41) is 8.62. The zero-order valence-corrected chi connectivity index (χ0v) is 17.7. The Hall–Kier alpha value is -4.13. The van der Waals surface area contributed by atoms with Gasteiger partial charge in [-0.3, -0.25) is 14.5 Å². The van der Waals surface area contributed by atoms with Crippen molar-refractivity contribution in [3.8, 4) is 0 Å². The highest BCUT2D eigenvalue weighted by molar-refractivity contribution is 6.04. The first-order valence-electron chi connectivity index (χ1n) is 10.4. The van der Waals surface area contributed by atoms with Crippen LogP contribution < -0.4 is 20.9 Å². The molecule has 32 heavy (non-hydrogen) atoms. The minimum absolute atomic E-state index is 0.130. The minimum Gasteiger partial charge on any atom is -0.346 e. The molecule has 1 saturated heterocycles. The Balaban J connectivity index is 1.39. The molecule has 1 fully saturated rings. The summed E-state index contributed by atoms with van der Waals surface area (Å²) in [4.78, 5) is 38.5. The van der Waals surface area contributed by atoms with Crippen molar-refractivity contribution in [2.24, 2.45) is 0 Å². The molecule has 0 aliphatic carbocycles. The minimum atomic E-state index is -0.264. The van der Waals surface area contributed by atoms with Crippen molar-refractivity contribution in [2.75, 3.05) is 23.3 Å². The Labute approximate surface area is 186 Å². The first-order valence-corrected chi connectivity index (χ1v) is 10.4. The highest BCUT2D eigenvalue weighted by Crippen LogP contribution is 2.20. The summed E-state index contributed by atoms with van der Waals surface area (Å²) in [5.74, 6) is -0.403. The zero-order chi connectivity index (χ0) is 22.5. The Kier molecular flexibility index (Phi) is 6.17. The summed E-state index contributed by atoms with van der Waals surface area (Å²) in [6, 6.07) is 23.0. The number of rotatable bonds is 6. The fourth-order valence-electron chi connectivity index (χ4n) is 3.55. The molecule has 1 heterocycles. The van der Waals surface area contributed by atoms with Gasteiger partial charge in [-0.05, 0) is 61.0 Å². The topological polar surface area (TPSA) is 90.5 Å². The number of urea groups is 1. The van der Waals surface area contributed by atoms with Gasteiger partial charge in [0.25, 0.3) is 11.8 Å². The lowest BCUT2D eigenvalue weighted by molar-refractivity contribution is 0.0939. The van der Waals surface area contributed by atoms with Crippen LogP contribution in [0.15, 0.2) is 78.9 Å². The third kappa shape index (κ3) is 4.78. The lowest BCUT2D eigenvalue weighted by Gasteiger charge is -2.17. The average Bonchev–Trinajstić information content (AvgIpc) is 3.25. The molecule has 0 aromatic heterocycles. The molecule has 1 unspecified atom stereocenters.